The van der Waals surface area contributed by atoms with Crippen molar-refractivity contribution >= 4 is 0 Å². The molecule has 1 aromatic heterocycles. The van der Waals surface area contributed by atoms with Crippen molar-refractivity contribution in [2.75, 3.05) is 20.3 Å². The Morgan fingerprint density at radius 2 is 2.05 bits per heavy atom. The summed E-state index contributed by atoms with van der Waals surface area (Å²) in [6.45, 7) is 1.78. The van der Waals surface area contributed by atoms with E-state index in [0.717, 1.165) is 11.1 Å². The van der Waals surface area contributed by atoms with Gasteiger partial charge in [0.05, 0.1) is 13.7 Å². The Morgan fingerprint density at radius 1 is 1.24 bits per heavy atom. The summed E-state index contributed by atoms with van der Waals surface area (Å²) in [6.07, 6.45) is 3.51. The van der Waals surface area contributed by atoms with Crippen molar-refractivity contribution in [3.63, 3.8) is 0 Å². The maximum Gasteiger partial charge on any atom is 0.165 e. The van der Waals surface area contributed by atoms with Gasteiger partial charge >= 0.3 is 0 Å². The van der Waals surface area contributed by atoms with E-state index in [4.69, 9.17) is 4.74 Å². The third-order valence-electron chi connectivity index (χ3n) is 3.17. The number of benzene rings is 1. The molecular formula is C16H19FN2O2. The van der Waals surface area contributed by atoms with Gasteiger partial charge < -0.3 is 9.84 Å². The van der Waals surface area contributed by atoms with Gasteiger partial charge in [-0.3, -0.25) is 9.88 Å². The molecule has 0 aliphatic carbocycles. The first-order valence-corrected chi connectivity index (χ1v) is 6.77. The quantitative estimate of drug-likeness (QED) is 0.849. The molecule has 1 N–H and O–H groups in total. The van der Waals surface area contributed by atoms with Crippen LogP contribution in [0.15, 0.2) is 42.7 Å². The van der Waals surface area contributed by atoms with Crippen molar-refractivity contribution in [1.29, 1.82) is 0 Å². The van der Waals surface area contributed by atoms with Crippen molar-refractivity contribution < 1.29 is 14.2 Å². The zero-order chi connectivity index (χ0) is 15.1. The van der Waals surface area contributed by atoms with Crippen molar-refractivity contribution in [3.05, 3.63) is 59.7 Å². The molecule has 1 aromatic carbocycles. The molecule has 0 aliphatic rings. The van der Waals surface area contributed by atoms with Gasteiger partial charge in [0.1, 0.15) is 0 Å². The van der Waals surface area contributed by atoms with Gasteiger partial charge in [-0.15, -0.1) is 0 Å². The molecule has 0 saturated heterocycles. The molecule has 112 valence electrons. The van der Waals surface area contributed by atoms with Crippen LogP contribution < -0.4 is 4.74 Å². The zero-order valence-electron chi connectivity index (χ0n) is 12.0. The number of halogens is 1. The van der Waals surface area contributed by atoms with Crippen LogP contribution in [-0.4, -0.2) is 35.3 Å². The predicted molar refractivity (Wildman–Crippen MR) is 78.4 cm³/mol. The molecular weight excluding hydrogens is 271 g/mol. The van der Waals surface area contributed by atoms with Crippen LogP contribution in [0.5, 0.6) is 5.75 Å². The van der Waals surface area contributed by atoms with Gasteiger partial charge in [0.2, 0.25) is 0 Å². The van der Waals surface area contributed by atoms with E-state index in [1.165, 1.54) is 13.2 Å². The predicted octanol–water partition coefficient (Wildman–Crippen LogP) is 2.22. The molecule has 0 bridgehead atoms. The minimum atomic E-state index is -0.375. The molecule has 1 heterocycles. The highest BCUT2D eigenvalue weighted by molar-refractivity contribution is 5.29. The Morgan fingerprint density at radius 3 is 2.67 bits per heavy atom. The van der Waals surface area contributed by atoms with E-state index in [9.17, 15) is 9.50 Å². The number of hydrogen-bond acceptors (Lipinski definition) is 4. The van der Waals surface area contributed by atoms with Crippen LogP contribution in [0.4, 0.5) is 4.39 Å². The van der Waals surface area contributed by atoms with Crippen LogP contribution in [-0.2, 0) is 13.1 Å². The first-order chi connectivity index (χ1) is 10.2. The van der Waals surface area contributed by atoms with E-state index in [-0.39, 0.29) is 18.2 Å². The topological polar surface area (TPSA) is 45.6 Å². The summed E-state index contributed by atoms with van der Waals surface area (Å²) in [7, 11) is 1.44. The minimum Gasteiger partial charge on any atom is -0.494 e. The van der Waals surface area contributed by atoms with Crippen molar-refractivity contribution in [1.82, 2.24) is 9.88 Å². The second kappa shape index (κ2) is 7.71. The van der Waals surface area contributed by atoms with Gasteiger partial charge in [0.25, 0.3) is 0 Å². The monoisotopic (exact) mass is 290 g/mol. The summed E-state index contributed by atoms with van der Waals surface area (Å²) in [5.41, 5.74) is 1.89. The number of aromatic nitrogens is 1. The van der Waals surface area contributed by atoms with E-state index in [1.54, 1.807) is 18.5 Å². The average Bonchev–Trinajstić information content (AvgIpc) is 2.49. The molecule has 0 atom stereocenters. The number of hydrogen-bond donors (Lipinski definition) is 1. The molecule has 0 radical (unpaired) electrons. The largest absolute Gasteiger partial charge is 0.494 e. The van der Waals surface area contributed by atoms with Crippen LogP contribution in [0.25, 0.3) is 0 Å². The number of aliphatic hydroxyl groups is 1. The number of rotatable bonds is 7. The van der Waals surface area contributed by atoms with E-state index in [0.29, 0.717) is 19.6 Å². The lowest BCUT2D eigenvalue weighted by atomic mass is 10.1. The molecule has 4 nitrogen and oxygen atoms in total. The number of nitrogens with zero attached hydrogens (tertiary/aromatic N) is 2. The Labute approximate surface area is 123 Å². The average molecular weight is 290 g/mol. The number of ether oxygens (including phenoxy) is 1. The summed E-state index contributed by atoms with van der Waals surface area (Å²) in [6, 6.07) is 8.76. The molecule has 2 rings (SSSR count). The molecule has 0 fully saturated rings. The second-order valence-electron chi connectivity index (χ2n) is 4.76. The molecule has 0 aliphatic heterocycles. The highest BCUT2D eigenvalue weighted by atomic mass is 19.1. The molecule has 0 unspecified atom stereocenters. The summed E-state index contributed by atoms with van der Waals surface area (Å²) in [5, 5.41) is 9.18. The highest BCUT2D eigenvalue weighted by Crippen LogP contribution is 2.19. The summed E-state index contributed by atoms with van der Waals surface area (Å²) in [4.78, 5) is 6.12. The van der Waals surface area contributed by atoms with Crippen LogP contribution in [0.2, 0.25) is 0 Å². The Bertz CT molecular complexity index is 563. The minimum absolute atomic E-state index is 0.0545. The van der Waals surface area contributed by atoms with Crippen LogP contribution >= 0.6 is 0 Å². The van der Waals surface area contributed by atoms with Crippen molar-refractivity contribution in [2.45, 2.75) is 13.1 Å². The molecule has 0 saturated carbocycles. The van der Waals surface area contributed by atoms with Crippen molar-refractivity contribution in [2.24, 2.45) is 0 Å². The third kappa shape index (κ3) is 4.51. The van der Waals surface area contributed by atoms with Gasteiger partial charge in [-0.2, -0.15) is 0 Å². The van der Waals surface area contributed by atoms with Crippen LogP contribution in [0, 0.1) is 5.82 Å². The van der Waals surface area contributed by atoms with E-state index < -0.39 is 0 Å². The van der Waals surface area contributed by atoms with Crippen LogP contribution in [0.1, 0.15) is 11.1 Å². The lowest BCUT2D eigenvalue weighted by Crippen LogP contribution is -2.26. The standard InChI is InChI=1S/C16H19FN2O2/c1-21-16-5-4-13(9-15(16)17)11-19(7-8-20)12-14-3-2-6-18-10-14/h2-6,9-10,20H,7-8,11-12H2,1H3. The number of aliphatic hydroxyl groups excluding tert-OH is 1. The zero-order valence-corrected chi connectivity index (χ0v) is 12.0. The molecule has 2 aromatic rings. The maximum atomic E-state index is 13.7. The number of methoxy groups -OCH3 is 1. The van der Waals surface area contributed by atoms with Crippen molar-refractivity contribution in [3.8, 4) is 5.75 Å². The normalized spacial score (nSPS) is 10.9. The maximum absolute atomic E-state index is 13.7. The van der Waals surface area contributed by atoms with Gasteiger partial charge in [0.15, 0.2) is 11.6 Å². The third-order valence-corrected chi connectivity index (χ3v) is 3.17. The van der Waals surface area contributed by atoms with Gasteiger partial charge in [-0.05, 0) is 29.3 Å². The molecule has 0 spiro atoms. The van der Waals surface area contributed by atoms with Gasteiger partial charge in [-0.25, -0.2) is 4.39 Å². The first kappa shape index (κ1) is 15.4. The van der Waals surface area contributed by atoms with Gasteiger partial charge in [0, 0.05) is 32.0 Å². The van der Waals surface area contributed by atoms with Crippen LogP contribution in [0.3, 0.4) is 0 Å². The smallest absolute Gasteiger partial charge is 0.165 e. The Balaban J connectivity index is 2.07. The lowest BCUT2D eigenvalue weighted by molar-refractivity contribution is 0.184. The Kier molecular flexibility index (Phi) is 5.66. The molecule has 5 heteroatoms. The highest BCUT2D eigenvalue weighted by Gasteiger charge is 2.09. The second-order valence-corrected chi connectivity index (χ2v) is 4.76. The summed E-state index contributed by atoms with van der Waals surface area (Å²) >= 11 is 0. The summed E-state index contributed by atoms with van der Waals surface area (Å²) < 4.78 is 18.6. The fourth-order valence-corrected chi connectivity index (χ4v) is 2.17. The lowest BCUT2D eigenvalue weighted by Gasteiger charge is -2.21. The summed E-state index contributed by atoms with van der Waals surface area (Å²) in [5.74, 6) is -0.139. The Hall–Kier alpha value is -1.98. The fourth-order valence-electron chi connectivity index (χ4n) is 2.17. The van der Waals surface area contributed by atoms with E-state index in [1.807, 2.05) is 23.1 Å². The SMILES string of the molecule is COc1ccc(CN(CCO)Cc2cccnc2)cc1F. The molecule has 0 amide bonds. The number of pyridine rings is 1. The molecule has 21 heavy (non-hydrogen) atoms. The van der Waals surface area contributed by atoms with Gasteiger partial charge in [-0.1, -0.05) is 12.1 Å². The van der Waals surface area contributed by atoms with E-state index in [2.05, 4.69) is 4.98 Å². The van der Waals surface area contributed by atoms with E-state index >= 15 is 0 Å². The fraction of sp³-hybridized carbons (Fsp3) is 0.312. The first-order valence-electron chi connectivity index (χ1n) is 6.77.